The number of hydrogen-bond acceptors (Lipinski definition) is 1. The Morgan fingerprint density at radius 2 is 1.56 bits per heavy atom. The topological polar surface area (TPSA) is 12.0 Å². The molecule has 92 valence electrons. The van der Waals surface area contributed by atoms with Crippen molar-refractivity contribution in [3.63, 3.8) is 0 Å². The van der Waals surface area contributed by atoms with Crippen LogP contribution < -0.4 is 5.32 Å². The summed E-state index contributed by atoms with van der Waals surface area (Å²) in [5.74, 6) is 0. The van der Waals surface area contributed by atoms with E-state index in [1.807, 2.05) is 12.1 Å². The number of hydrogen-bond donors (Lipinski definition) is 1. The standard InChI is InChI=1S/C17H19N/c1-2-3-14-17(15-10-6-4-7-11-15)18-16-12-8-5-9-13-16/h2,4-13,17-18H,1,3,14H2. The van der Waals surface area contributed by atoms with Crippen LogP contribution in [-0.2, 0) is 0 Å². The lowest BCUT2D eigenvalue weighted by Gasteiger charge is -2.20. The van der Waals surface area contributed by atoms with Gasteiger partial charge in [-0.1, -0.05) is 54.6 Å². The summed E-state index contributed by atoms with van der Waals surface area (Å²) in [5, 5.41) is 3.58. The quantitative estimate of drug-likeness (QED) is 0.711. The van der Waals surface area contributed by atoms with Gasteiger partial charge in [0.25, 0.3) is 0 Å². The minimum atomic E-state index is 0.339. The molecule has 1 heteroatoms. The van der Waals surface area contributed by atoms with Crippen molar-refractivity contribution in [3.8, 4) is 0 Å². The highest BCUT2D eigenvalue weighted by atomic mass is 14.9. The lowest BCUT2D eigenvalue weighted by Crippen LogP contribution is -2.10. The molecule has 18 heavy (non-hydrogen) atoms. The first-order valence-corrected chi connectivity index (χ1v) is 6.37. The molecule has 0 aliphatic carbocycles. The highest BCUT2D eigenvalue weighted by molar-refractivity contribution is 5.45. The fourth-order valence-corrected chi connectivity index (χ4v) is 2.03. The summed E-state index contributed by atoms with van der Waals surface area (Å²) in [6.45, 7) is 3.81. The van der Waals surface area contributed by atoms with Crippen molar-refractivity contribution in [2.45, 2.75) is 18.9 Å². The maximum Gasteiger partial charge on any atom is 0.0516 e. The summed E-state index contributed by atoms with van der Waals surface area (Å²) in [6, 6.07) is 21.2. The Labute approximate surface area is 109 Å². The van der Waals surface area contributed by atoms with Gasteiger partial charge in [0.2, 0.25) is 0 Å². The molecular formula is C17H19N. The Balaban J connectivity index is 2.13. The number of nitrogens with one attached hydrogen (secondary N) is 1. The second-order valence-corrected chi connectivity index (χ2v) is 4.34. The third-order valence-corrected chi connectivity index (χ3v) is 2.98. The molecule has 0 aliphatic rings. The van der Waals surface area contributed by atoms with Crippen molar-refractivity contribution in [2.75, 3.05) is 5.32 Å². The van der Waals surface area contributed by atoms with Crippen LogP contribution in [0.5, 0.6) is 0 Å². The lowest BCUT2D eigenvalue weighted by atomic mass is 10.0. The van der Waals surface area contributed by atoms with E-state index in [1.165, 1.54) is 5.56 Å². The minimum Gasteiger partial charge on any atom is -0.378 e. The highest BCUT2D eigenvalue weighted by Crippen LogP contribution is 2.23. The molecule has 0 bridgehead atoms. The third kappa shape index (κ3) is 3.49. The van der Waals surface area contributed by atoms with Crippen molar-refractivity contribution < 1.29 is 0 Å². The Kier molecular flexibility index (Phi) is 4.60. The second-order valence-electron chi connectivity index (χ2n) is 4.34. The van der Waals surface area contributed by atoms with Gasteiger partial charge in [0.15, 0.2) is 0 Å². The molecule has 0 saturated heterocycles. The van der Waals surface area contributed by atoms with E-state index in [0.29, 0.717) is 6.04 Å². The van der Waals surface area contributed by atoms with E-state index >= 15 is 0 Å². The molecule has 1 atom stereocenters. The Hall–Kier alpha value is -2.02. The van der Waals surface area contributed by atoms with Gasteiger partial charge in [0.1, 0.15) is 0 Å². The van der Waals surface area contributed by atoms with Crippen LogP contribution in [0, 0.1) is 0 Å². The number of anilines is 1. The van der Waals surface area contributed by atoms with Gasteiger partial charge in [-0.2, -0.15) is 0 Å². The normalized spacial score (nSPS) is 11.8. The summed E-state index contributed by atoms with van der Waals surface area (Å²) in [6.07, 6.45) is 4.05. The highest BCUT2D eigenvalue weighted by Gasteiger charge is 2.09. The first-order chi connectivity index (χ1) is 8.90. The molecule has 2 aromatic carbocycles. The van der Waals surface area contributed by atoms with Crippen molar-refractivity contribution in [1.82, 2.24) is 0 Å². The van der Waals surface area contributed by atoms with Gasteiger partial charge in [0.05, 0.1) is 6.04 Å². The van der Waals surface area contributed by atoms with Crippen LogP contribution in [0.25, 0.3) is 0 Å². The number of rotatable bonds is 6. The zero-order valence-electron chi connectivity index (χ0n) is 10.5. The van der Waals surface area contributed by atoms with Crippen LogP contribution >= 0.6 is 0 Å². The summed E-state index contributed by atoms with van der Waals surface area (Å²) in [7, 11) is 0. The average Bonchev–Trinajstić information content (AvgIpc) is 2.45. The van der Waals surface area contributed by atoms with Gasteiger partial charge in [-0.25, -0.2) is 0 Å². The van der Waals surface area contributed by atoms with Crippen LogP contribution in [0.2, 0.25) is 0 Å². The van der Waals surface area contributed by atoms with Gasteiger partial charge in [-0.05, 0) is 30.5 Å². The zero-order valence-corrected chi connectivity index (χ0v) is 10.5. The second kappa shape index (κ2) is 6.65. The van der Waals surface area contributed by atoms with Crippen molar-refractivity contribution >= 4 is 5.69 Å². The molecule has 1 unspecified atom stereocenters. The van der Waals surface area contributed by atoms with Gasteiger partial charge in [-0.3, -0.25) is 0 Å². The first kappa shape index (κ1) is 12.4. The van der Waals surface area contributed by atoms with Crippen LogP contribution in [0.1, 0.15) is 24.4 Å². The van der Waals surface area contributed by atoms with Crippen LogP contribution in [0.15, 0.2) is 73.3 Å². The Morgan fingerprint density at radius 1 is 0.944 bits per heavy atom. The van der Waals surface area contributed by atoms with E-state index in [2.05, 4.69) is 66.5 Å². The van der Waals surface area contributed by atoms with Crippen LogP contribution in [0.3, 0.4) is 0 Å². The molecular weight excluding hydrogens is 218 g/mol. The van der Waals surface area contributed by atoms with E-state index in [0.717, 1.165) is 18.5 Å². The molecule has 1 N–H and O–H groups in total. The predicted octanol–water partition coefficient (Wildman–Crippen LogP) is 4.81. The largest absolute Gasteiger partial charge is 0.378 e. The fraction of sp³-hybridized carbons (Fsp3) is 0.176. The molecule has 0 amide bonds. The Morgan fingerprint density at radius 3 is 2.17 bits per heavy atom. The van der Waals surface area contributed by atoms with E-state index in [9.17, 15) is 0 Å². The van der Waals surface area contributed by atoms with E-state index in [1.54, 1.807) is 0 Å². The minimum absolute atomic E-state index is 0.339. The van der Waals surface area contributed by atoms with Crippen molar-refractivity contribution in [2.24, 2.45) is 0 Å². The van der Waals surface area contributed by atoms with Crippen LogP contribution in [0.4, 0.5) is 5.69 Å². The molecule has 0 heterocycles. The maximum absolute atomic E-state index is 3.81. The van der Waals surface area contributed by atoms with E-state index < -0.39 is 0 Å². The van der Waals surface area contributed by atoms with Gasteiger partial charge in [0, 0.05) is 5.69 Å². The number of benzene rings is 2. The molecule has 0 saturated carbocycles. The van der Waals surface area contributed by atoms with Gasteiger partial charge >= 0.3 is 0 Å². The smallest absolute Gasteiger partial charge is 0.0516 e. The summed E-state index contributed by atoms with van der Waals surface area (Å²) in [4.78, 5) is 0. The number of para-hydroxylation sites is 1. The average molecular weight is 237 g/mol. The van der Waals surface area contributed by atoms with E-state index in [-0.39, 0.29) is 0 Å². The monoisotopic (exact) mass is 237 g/mol. The van der Waals surface area contributed by atoms with Gasteiger partial charge < -0.3 is 5.32 Å². The zero-order chi connectivity index (χ0) is 12.6. The van der Waals surface area contributed by atoms with Crippen molar-refractivity contribution in [3.05, 3.63) is 78.9 Å². The molecule has 2 aromatic rings. The summed E-state index contributed by atoms with van der Waals surface area (Å²) in [5.41, 5.74) is 2.48. The molecule has 0 radical (unpaired) electrons. The SMILES string of the molecule is C=CCCC(Nc1ccccc1)c1ccccc1. The molecule has 0 spiro atoms. The fourth-order valence-electron chi connectivity index (χ4n) is 2.03. The van der Waals surface area contributed by atoms with Crippen molar-refractivity contribution in [1.29, 1.82) is 0 Å². The van der Waals surface area contributed by atoms with Gasteiger partial charge in [-0.15, -0.1) is 6.58 Å². The first-order valence-electron chi connectivity index (χ1n) is 6.37. The molecule has 2 rings (SSSR count). The molecule has 0 aliphatic heterocycles. The molecule has 1 nitrogen and oxygen atoms in total. The Bertz CT molecular complexity index is 461. The van der Waals surface area contributed by atoms with E-state index in [4.69, 9.17) is 0 Å². The molecule has 0 fully saturated rings. The number of allylic oxidation sites excluding steroid dienone is 1. The lowest BCUT2D eigenvalue weighted by molar-refractivity contribution is 0.705. The van der Waals surface area contributed by atoms with Crippen LogP contribution in [-0.4, -0.2) is 0 Å². The predicted molar refractivity (Wildman–Crippen MR) is 78.7 cm³/mol. The maximum atomic E-state index is 3.81. The summed E-state index contributed by atoms with van der Waals surface area (Å²) >= 11 is 0. The third-order valence-electron chi connectivity index (χ3n) is 2.98. The molecule has 0 aromatic heterocycles. The summed E-state index contributed by atoms with van der Waals surface area (Å²) < 4.78 is 0.